The third-order valence-corrected chi connectivity index (χ3v) is 5.18. The summed E-state index contributed by atoms with van der Waals surface area (Å²) in [6, 6.07) is 16.5. The molecule has 0 fully saturated rings. The number of ether oxygens (including phenoxy) is 4. The molecule has 2 aromatic carbocycles. The minimum atomic E-state index is -0.486. The minimum absolute atomic E-state index is 0.0482. The molecule has 0 N–H and O–H groups in total. The lowest BCUT2D eigenvalue weighted by molar-refractivity contribution is 0.00917. The summed E-state index contributed by atoms with van der Waals surface area (Å²) in [5, 5.41) is 0. The van der Waals surface area contributed by atoms with Gasteiger partial charge < -0.3 is 23.8 Å². The number of alkyl halides is 1. The lowest BCUT2D eigenvalue weighted by Gasteiger charge is -2.19. The number of benzene rings is 2. The number of rotatable bonds is 13. The van der Waals surface area contributed by atoms with E-state index < -0.39 is 6.67 Å². The van der Waals surface area contributed by atoms with Gasteiger partial charge in [-0.15, -0.1) is 0 Å². The van der Waals surface area contributed by atoms with Crippen LogP contribution in [0.5, 0.6) is 0 Å². The van der Waals surface area contributed by atoms with Crippen molar-refractivity contribution in [3.63, 3.8) is 0 Å². The van der Waals surface area contributed by atoms with Crippen LogP contribution in [-0.4, -0.2) is 77.5 Å². The lowest BCUT2D eigenvalue weighted by atomic mass is 9.98. The van der Waals surface area contributed by atoms with Gasteiger partial charge in [0.1, 0.15) is 13.3 Å². The molecule has 0 heterocycles. The molecule has 0 spiro atoms. The maximum Gasteiger partial charge on any atom is 0.409 e. The summed E-state index contributed by atoms with van der Waals surface area (Å²) in [5.74, 6) is 0.0482. The molecular formula is C24H30FNO5. The predicted octanol–water partition coefficient (Wildman–Crippen LogP) is 3.89. The Morgan fingerprint density at radius 2 is 1.35 bits per heavy atom. The van der Waals surface area contributed by atoms with Crippen LogP contribution in [0.2, 0.25) is 0 Å². The number of halogens is 1. The first-order valence-corrected chi connectivity index (χ1v) is 10.6. The summed E-state index contributed by atoms with van der Waals surface area (Å²) >= 11 is 0. The first kappa shape index (κ1) is 23.2. The normalized spacial score (nSPS) is 12.5. The van der Waals surface area contributed by atoms with Crippen molar-refractivity contribution in [3.8, 4) is 11.1 Å². The monoisotopic (exact) mass is 431 g/mol. The Hall–Kier alpha value is -2.48. The van der Waals surface area contributed by atoms with E-state index in [0.717, 1.165) is 0 Å². The predicted molar refractivity (Wildman–Crippen MR) is 116 cm³/mol. The quantitative estimate of drug-likeness (QED) is 0.451. The molecule has 1 aliphatic carbocycles. The van der Waals surface area contributed by atoms with Crippen molar-refractivity contribution in [1.82, 2.24) is 4.90 Å². The standard InChI is InChI=1S/C24H30FNO5/c1-26(11-13-29-15-17-30-16-14-28-12-10-25)24(27)31-18-23-21-8-4-2-6-19(21)20-7-3-5-9-22(20)23/h2-9,23H,10-18H2,1H3. The molecule has 7 heteroatoms. The lowest BCUT2D eigenvalue weighted by Crippen LogP contribution is -2.32. The minimum Gasteiger partial charge on any atom is -0.448 e. The van der Waals surface area contributed by atoms with Crippen LogP contribution in [0.25, 0.3) is 11.1 Å². The van der Waals surface area contributed by atoms with E-state index in [4.69, 9.17) is 18.9 Å². The van der Waals surface area contributed by atoms with E-state index in [1.165, 1.54) is 27.2 Å². The van der Waals surface area contributed by atoms with E-state index in [0.29, 0.717) is 46.2 Å². The highest BCUT2D eigenvalue weighted by molar-refractivity contribution is 5.79. The molecule has 1 aliphatic rings. The van der Waals surface area contributed by atoms with Crippen molar-refractivity contribution in [1.29, 1.82) is 0 Å². The van der Waals surface area contributed by atoms with Crippen LogP contribution in [0, 0.1) is 0 Å². The van der Waals surface area contributed by atoms with Crippen molar-refractivity contribution < 1.29 is 28.1 Å². The molecule has 0 atom stereocenters. The van der Waals surface area contributed by atoms with E-state index in [2.05, 4.69) is 24.3 Å². The highest BCUT2D eigenvalue weighted by atomic mass is 19.1. The molecule has 0 aliphatic heterocycles. The molecule has 0 radical (unpaired) electrons. The Balaban J connectivity index is 1.35. The zero-order valence-electron chi connectivity index (χ0n) is 17.9. The second-order valence-electron chi connectivity index (χ2n) is 7.25. The van der Waals surface area contributed by atoms with Gasteiger partial charge in [0, 0.05) is 19.5 Å². The maximum absolute atomic E-state index is 12.4. The summed E-state index contributed by atoms with van der Waals surface area (Å²) in [7, 11) is 1.70. The molecular weight excluding hydrogens is 401 g/mol. The molecule has 0 unspecified atom stereocenters. The van der Waals surface area contributed by atoms with Crippen molar-refractivity contribution >= 4 is 6.09 Å². The van der Waals surface area contributed by atoms with Gasteiger partial charge in [-0.3, -0.25) is 0 Å². The number of likely N-dealkylation sites (N-methyl/N-ethyl adjacent to an activating group) is 1. The van der Waals surface area contributed by atoms with Gasteiger partial charge in [-0.1, -0.05) is 48.5 Å². The molecule has 0 bridgehead atoms. The molecule has 3 rings (SSSR count). The molecule has 0 saturated heterocycles. The van der Waals surface area contributed by atoms with Gasteiger partial charge in [0.05, 0.1) is 39.6 Å². The number of hydrogen-bond donors (Lipinski definition) is 0. The van der Waals surface area contributed by atoms with Crippen LogP contribution in [0.15, 0.2) is 48.5 Å². The molecule has 31 heavy (non-hydrogen) atoms. The van der Waals surface area contributed by atoms with E-state index in [1.807, 2.05) is 24.3 Å². The van der Waals surface area contributed by atoms with E-state index >= 15 is 0 Å². The Labute approximate surface area is 182 Å². The van der Waals surface area contributed by atoms with Crippen molar-refractivity contribution in [2.45, 2.75) is 5.92 Å². The van der Waals surface area contributed by atoms with E-state index in [1.54, 1.807) is 7.05 Å². The third-order valence-electron chi connectivity index (χ3n) is 5.18. The smallest absolute Gasteiger partial charge is 0.409 e. The summed E-state index contributed by atoms with van der Waals surface area (Å²) < 4.78 is 33.2. The third kappa shape index (κ3) is 6.50. The SMILES string of the molecule is CN(CCOCCOCCOCCF)C(=O)OCC1c2ccccc2-c2ccccc21. The van der Waals surface area contributed by atoms with Gasteiger partial charge in [0.15, 0.2) is 0 Å². The second-order valence-corrected chi connectivity index (χ2v) is 7.25. The average molecular weight is 432 g/mol. The average Bonchev–Trinajstić information content (AvgIpc) is 3.12. The van der Waals surface area contributed by atoms with Crippen molar-refractivity contribution in [3.05, 3.63) is 59.7 Å². The van der Waals surface area contributed by atoms with Crippen LogP contribution in [-0.2, 0) is 18.9 Å². The molecule has 2 aromatic rings. The second kappa shape index (κ2) is 12.4. The zero-order valence-corrected chi connectivity index (χ0v) is 17.9. The molecule has 1 amide bonds. The number of carbonyl (C=O) groups excluding carboxylic acids is 1. The van der Waals surface area contributed by atoms with Crippen LogP contribution in [0.4, 0.5) is 9.18 Å². The summed E-state index contributed by atoms with van der Waals surface area (Å²) in [4.78, 5) is 13.9. The van der Waals surface area contributed by atoms with Gasteiger partial charge in [-0.25, -0.2) is 9.18 Å². The topological polar surface area (TPSA) is 57.2 Å². The van der Waals surface area contributed by atoms with Crippen LogP contribution in [0.1, 0.15) is 17.0 Å². The molecule has 168 valence electrons. The van der Waals surface area contributed by atoms with Gasteiger partial charge in [-0.05, 0) is 22.3 Å². The highest BCUT2D eigenvalue weighted by Crippen LogP contribution is 2.44. The summed E-state index contributed by atoms with van der Waals surface area (Å²) in [6.07, 6.45) is -0.369. The Bertz CT molecular complexity index is 786. The summed E-state index contributed by atoms with van der Waals surface area (Å²) in [6.45, 7) is 2.35. The first-order chi connectivity index (χ1) is 15.2. The first-order valence-electron chi connectivity index (χ1n) is 10.6. The Morgan fingerprint density at radius 1 is 0.839 bits per heavy atom. The van der Waals surface area contributed by atoms with Gasteiger partial charge in [-0.2, -0.15) is 0 Å². The fourth-order valence-electron chi connectivity index (χ4n) is 3.59. The van der Waals surface area contributed by atoms with Crippen LogP contribution in [0.3, 0.4) is 0 Å². The molecule has 6 nitrogen and oxygen atoms in total. The summed E-state index contributed by atoms with van der Waals surface area (Å²) in [5.41, 5.74) is 4.80. The van der Waals surface area contributed by atoms with E-state index in [-0.39, 0.29) is 18.6 Å². The van der Waals surface area contributed by atoms with Gasteiger partial charge >= 0.3 is 6.09 Å². The Morgan fingerprint density at radius 3 is 1.94 bits per heavy atom. The van der Waals surface area contributed by atoms with Gasteiger partial charge in [0.2, 0.25) is 0 Å². The highest BCUT2D eigenvalue weighted by Gasteiger charge is 2.29. The number of hydrogen-bond acceptors (Lipinski definition) is 5. The van der Waals surface area contributed by atoms with Crippen molar-refractivity contribution in [2.24, 2.45) is 0 Å². The van der Waals surface area contributed by atoms with Crippen molar-refractivity contribution in [2.75, 3.05) is 66.5 Å². The van der Waals surface area contributed by atoms with Crippen LogP contribution < -0.4 is 0 Å². The molecule has 0 aromatic heterocycles. The largest absolute Gasteiger partial charge is 0.448 e. The fourth-order valence-corrected chi connectivity index (χ4v) is 3.59. The van der Waals surface area contributed by atoms with E-state index in [9.17, 15) is 9.18 Å². The number of fused-ring (bicyclic) bond motifs is 3. The number of amides is 1. The maximum atomic E-state index is 12.4. The zero-order chi connectivity index (χ0) is 21.9. The van der Waals surface area contributed by atoms with Gasteiger partial charge in [0.25, 0.3) is 0 Å². The fraction of sp³-hybridized carbons (Fsp3) is 0.458. The number of nitrogens with zero attached hydrogens (tertiary/aromatic N) is 1. The number of carbonyl (C=O) groups is 1. The molecule has 0 saturated carbocycles. The van der Waals surface area contributed by atoms with Crippen LogP contribution >= 0.6 is 0 Å². The Kier molecular flexibility index (Phi) is 9.27.